The molecule has 4 rings (SSSR count). The number of nitrogens with zero attached hydrogens (tertiary/aromatic N) is 1. The number of hydrogen-bond acceptors (Lipinski definition) is 7. The largest absolute Gasteiger partial charge is 0.507 e. The maximum atomic E-state index is 13.1. The Hall–Kier alpha value is -3.78. The second kappa shape index (κ2) is 10.0. The Kier molecular flexibility index (Phi) is 6.88. The van der Waals surface area contributed by atoms with Gasteiger partial charge in [0.1, 0.15) is 29.6 Å². The van der Waals surface area contributed by atoms with Gasteiger partial charge in [0, 0.05) is 10.4 Å². The molecule has 1 unspecified atom stereocenters. The van der Waals surface area contributed by atoms with Crippen LogP contribution in [0.2, 0.25) is 0 Å². The number of Topliss-reactive ketones (excluding diaryl/α,β-unsaturated/α-hetero) is 1. The number of benzene rings is 2. The van der Waals surface area contributed by atoms with E-state index in [9.17, 15) is 14.7 Å². The second-order valence-electron chi connectivity index (χ2n) is 7.71. The number of ketones is 1. The molecule has 1 atom stereocenters. The molecule has 176 valence electrons. The maximum Gasteiger partial charge on any atom is 0.295 e. The summed E-state index contributed by atoms with van der Waals surface area (Å²) in [7, 11) is 3.15. The Balaban J connectivity index is 1.64. The number of aliphatic hydroxyl groups is 1. The first-order chi connectivity index (χ1) is 16.4. The minimum atomic E-state index is -0.712. The van der Waals surface area contributed by atoms with Gasteiger partial charge in [-0.1, -0.05) is 6.07 Å². The van der Waals surface area contributed by atoms with E-state index in [1.807, 2.05) is 24.4 Å². The molecule has 0 radical (unpaired) electrons. The van der Waals surface area contributed by atoms with Crippen LogP contribution in [-0.4, -0.2) is 49.1 Å². The van der Waals surface area contributed by atoms with Crippen molar-refractivity contribution in [3.63, 3.8) is 0 Å². The lowest BCUT2D eigenvalue weighted by molar-refractivity contribution is -0.140. The van der Waals surface area contributed by atoms with Gasteiger partial charge in [-0.2, -0.15) is 0 Å². The molecule has 1 amide bonds. The van der Waals surface area contributed by atoms with Crippen LogP contribution in [0.15, 0.2) is 65.6 Å². The Labute approximate surface area is 201 Å². The van der Waals surface area contributed by atoms with Crippen molar-refractivity contribution < 1.29 is 28.9 Å². The summed E-state index contributed by atoms with van der Waals surface area (Å²) in [6, 6.07) is 15.3. The number of methoxy groups -OCH3 is 2. The standard InChI is InChI=1S/C26H25NO6S/c1-16-15-19(32-3)10-11-20(16)24(28)22-23(21-5-4-14-34-21)27(26(30)25(22)29)12-13-33-18-8-6-17(31-2)7-9-18/h4-11,14-15,23,28H,12-13H2,1-3H3/b24-22-. The van der Waals surface area contributed by atoms with Crippen LogP contribution in [0.1, 0.15) is 22.0 Å². The summed E-state index contributed by atoms with van der Waals surface area (Å²) in [6.07, 6.45) is 0. The number of amides is 1. The van der Waals surface area contributed by atoms with Gasteiger partial charge in [0.2, 0.25) is 0 Å². The predicted octanol–water partition coefficient (Wildman–Crippen LogP) is 4.57. The summed E-state index contributed by atoms with van der Waals surface area (Å²) < 4.78 is 16.2. The van der Waals surface area contributed by atoms with E-state index in [2.05, 4.69) is 0 Å². The van der Waals surface area contributed by atoms with Crippen LogP contribution in [0.5, 0.6) is 17.2 Å². The third-order valence-electron chi connectivity index (χ3n) is 5.70. The van der Waals surface area contributed by atoms with Crippen molar-refractivity contribution in [2.45, 2.75) is 13.0 Å². The molecule has 2 heterocycles. The first-order valence-corrected chi connectivity index (χ1v) is 11.6. The number of carbonyl (C=O) groups excluding carboxylic acids is 2. The Morgan fingerprint density at radius 3 is 2.29 bits per heavy atom. The molecule has 0 bridgehead atoms. The summed E-state index contributed by atoms with van der Waals surface area (Å²) in [5.74, 6) is 0.402. The Bertz CT molecular complexity index is 1220. The van der Waals surface area contributed by atoms with E-state index in [-0.39, 0.29) is 24.5 Å². The number of hydrogen-bond donors (Lipinski definition) is 1. The molecule has 1 aromatic heterocycles. The molecule has 7 nitrogen and oxygen atoms in total. The van der Waals surface area contributed by atoms with Crippen molar-refractivity contribution in [1.82, 2.24) is 4.90 Å². The highest BCUT2D eigenvalue weighted by Crippen LogP contribution is 2.41. The zero-order chi connectivity index (χ0) is 24.2. The summed E-state index contributed by atoms with van der Waals surface area (Å²) in [6.45, 7) is 2.18. The average Bonchev–Trinajstić information content (AvgIpc) is 3.46. The van der Waals surface area contributed by atoms with E-state index in [0.717, 1.165) is 10.4 Å². The van der Waals surface area contributed by atoms with Crippen LogP contribution in [0, 0.1) is 6.92 Å². The van der Waals surface area contributed by atoms with Crippen molar-refractivity contribution in [2.75, 3.05) is 27.4 Å². The van der Waals surface area contributed by atoms with E-state index >= 15 is 0 Å². The number of aryl methyl sites for hydroxylation is 1. The van der Waals surface area contributed by atoms with Crippen molar-refractivity contribution in [1.29, 1.82) is 0 Å². The third kappa shape index (κ3) is 4.49. The molecular formula is C26H25NO6S. The van der Waals surface area contributed by atoms with Crippen molar-refractivity contribution >= 4 is 28.8 Å². The fourth-order valence-electron chi connectivity index (χ4n) is 3.96. The molecular weight excluding hydrogens is 454 g/mol. The summed E-state index contributed by atoms with van der Waals surface area (Å²) >= 11 is 1.42. The fourth-order valence-corrected chi connectivity index (χ4v) is 4.81. The highest BCUT2D eigenvalue weighted by molar-refractivity contribution is 7.10. The SMILES string of the molecule is COc1ccc(OCCN2C(=O)C(=O)/C(=C(\O)c3ccc(OC)cc3C)C2c2cccs2)cc1. The predicted molar refractivity (Wildman–Crippen MR) is 130 cm³/mol. The molecule has 1 saturated heterocycles. The lowest BCUT2D eigenvalue weighted by Gasteiger charge is -2.24. The highest BCUT2D eigenvalue weighted by Gasteiger charge is 2.46. The van der Waals surface area contributed by atoms with Gasteiger partial charge < -0.3 is 24.2 Å². The average molecular weight is 480 g/mol. The van der Waals surface area contributed by atoms with Gasteiger partial charge in [-0.25, -0.2) is 0 Å². The number of thiophene rings is 1. The van der Waals surface area contributed by atoms with Crippen molar-refractivity contribution in [3.05, 3.63) is 81.6 Å². The van der Waals surface area contributed by atoms with E-state index in [4.69, 9.17) is 14.2 Å². The van der Waals surface area contributed by atoms with Crippen molar-refractivity contribution in [2.24, 2.45) is 0 Å². The first-order valence-electron chi connectivity index (χ1n) is 10.7. The highest BCUT2D eigenvalue weighted by atomic mass is 32.1. The number of aliphatic hydroxyl groups excluding tert-OH is 1. The first kappa shape index (κ1) is 23.4. The minimum Gasteiger partial charge on any atom is -0.507 e. The van der Waals surface area contributed by atoms with Gasteiger partial charge >= 0.3 is 0 Å². The van der Waals surface area contributed by atoms with Crippen molar-refractivity contribution in [3.8, 4) is 17.2 Å². The molecule has 1 N–H and O–H groups in total. The quantitative estimate of drug-likeness (QED) is 0.289. The Morgan fingerprint density at radius 2 is 1.68 bits per heavy atom. The molecule has 3 aromatic rings. The van der Waals surface area contributed by atoms with Crippen LogP contribution in [0.25, 0.3) is 5.76 Å². The van der Waals surface area contributed by atoms with Gasteiger partial charge in [-0.15, -0.1) is 11.3 Å². The number of carbonyl (C=O) groups is 2. The summed E-state index contributed by atoms with van der Waals surface area (Å²) in [5, 5.41) is 13.1. The molecule has 2 aromatic carbocycles. The molecule has 0 aliphatic carbocycles. The zero-order valence-electron chi connectivity index (χ0n) is 19.1. The van der Waals surface area contributed by atoms with E-state index in [1.54, 1.807) is 56.7 Å². The molecule has 1 aliphatic heterocycles. The Morgan fingerprint density at radius 1 is 1.00 bits per heavy atom. The van der Waals surface area contributed by atoms with Gasteiger partial charge in [-0.05, 0) is 66.4 Å². The van der Waals surface area contributed by atoms with Gasteiger partial charge in [0.05, 0.1) is 32.4 Å². The van der Waals surface area contributed by atoms with Crippen LogP contribution in [0.3, 0.4) is 0 Å². The van der Waals surface area contributed by atoms with Crippen LogP contribution < -0.4 is 14.2 Å². The second-order valence-corrected chi connectivity index (χ2v) is 8.69. The third-order valence-corrected chi connectivity index (χ3v) is 6.63. The van der Waals surface area contributed by atoms with Crippen LogP contribution in [-0.2, 0) is 9.59 Å². The molecule has 34 heavy (non-hydrogen) atoms. The maximum absolute atomic E-state index is 13.1. The summed E-state index contributed by atoms with van der Waals surface area (Å²) in [4.78, 5) is 28.4. The normalized spacial score (nSPS) is 17.1. The lowest BCUT2D eigenvalue weighted by Crippen LogP contribution is -2.33. The number of ether oxygens (including phenoxy) is 3. The van der Waals surface area contributed by atoms with E-state index in [0.29, 0.717) is 22.8 Å². The smallest absolute Gasteiger partial charge is 0.295 e. The number of likely N-dealkylation sites (tertiary alicyclic amines) is 1. The van der Waals surface area contributed by atoms with Crippen LogP contribution in [0.4, 0.5) is 0 Å². The molecule has 1 fully saturated rings. The minimum absolute atomic E-state index is 0.0742. The molecule has 0 saturated carbocycles. The molecule has 8 heteroatoms. The van der Waals surface area contributed by atoms with Crippen LogP contribution >= 0.6 is 11.3 Å². The molecule has 0 spiro atoms. The summed E-state index contributed by atoms with van der Waals surface area (Å²) in [5.41, 5.74) is 1.29. The fraction of sp³-hybridized carbons (Fsp3) is 0.231. The zero-order valence-corrected chi connectivity index (χ0v) is 19.9. The lowest BCUT2D eigenvalue weighted by atomic mass is 9.97. The molecule has 1 aliphatic rings. The van der Waals surface area contributed by atoms with E-state index in [1.165, 1.54) is 16.2 Å². The van der Waals surface area contributed by atoms with Gasteiger partial charge in [0.25, 0.3) is 11.7 Å². The number of rotatable bonds is 8. The van der Waals surface area contributed by atoms with E-state index < -0.39 is 17.7 Å². The van der Waals surface area contributed by atoms with Gasteiger partial charge in [0.15, 0.2) is 0 Å². The topological polar surface area (TPSA) is 85.3 Å². The van der Waals surface area contributed by atoms with Gasteiger partial charge in [-0.3, -0.25) is 9.59 Å². The monoisotopic (exact) mass is 479 g/mol.